The quantitative estimate of drug-likeness (QED) is 0.306. The van der Waals surface area contributed by atoms with Crippen molar-refractivity contribution in [2.24, 2.45) is 0 Å². The molecule has 0 bridgehead atoms. The lowest BCUT2D eigenvalue weighted by atomic mass is 10.0. The van der Waals surface area contributed by atoms with E-state index in [2.05, 4.69) is 32.1 Å². The number of aromatic nitrogens is 3. The molecular weight excluding hydrogens is 485 g/mol. The van der Waals surface area contributed by atoms with Crippen LogP contribution in [0.3, 0.4) is 0 Å². The smallest absolute Gasteiger partial charge is 0.247 e. The monoisotopic (exact) mass is 513 g/mol. The minimum atomic E-state index is -0.323. The van der Waals surface area contributed by atoms with E-state index in [1.165, 1.54) is 12.1 Å². The van der Waals surface area contributed by atoms with Crippen LogP contribution in [0.5, 0.6) is 0 Å². The molecule has 0 spiro atoms. The Bertz CT molecular complexity index is 1470. The number of halogens is 1. The number of nitrogens with zero attached hydrogens (tertiary/aromatic N) is 5. The van der Waals surface area contributed by atoms with Crippen molar-refractivity contribution in [1.82, 2.24) is 19.9 Å². The molecule has 0 aliphatic carbocycles. The van der Waals surface area contributed by atoms with Gasteiger partial charge in [0.15, 0.2) is 0 Å². The van der Waals surface area contributed by atoms with Crippen LogP contribution in [0.25, 0.3) is 22.0 Å². The molecule has 0 saturated carbocycles. The highest BCUT2D eigenvalue weighted by Crippen LogP contribution is 2.30. The SMILES string of the molecule is C=CC(=O)Nc1cncc(-c2cccc3cnc(Nc4ccc(N5CCN(CCO)CC5)c(F)c4)nc23)c1. The molecule has 0 atom stereocenters. The summed E-state index contributed by atoms with van der Waals surface area (Å²) in [5.41, 5.74) is 3.92. The Kier molecular flexibility index (Phi) is 7.52. The summed E-state index contributed by atoms with van der Waals surface area (Å²) in [6.07, 6.45) is 6.17. The van der Waals surface area contributed by atoms with Crippen molar-refractivity contribution in [3.05, 3.63) is 79.5 Å². The lowest BCUT2D eigenvalue weighted by molar-refractivity contribution is -0.111. The van der Waals surface area contributed by atoms with E-state index in [0.717, 1.165) is 29.6 Å². The number of hydrogen-bond acceptors (Lipinski definition) is 8. The van der Waals surface area contributed by atoms with Crippen molar-refractivity contribution >= 4 is 39.8 Å². The molecule has 9 nitrogen and oxygen atoms in total. The lowest BCUT2D eigenvalue weighted by Crippen LogP contribution is -2.47. The Morgan fingerprint density at radius 3 is 2.68 bits per heavy atom. The number of aliphatic hydroxyl groups excluding tert-OH is 1. The van der Waals surface area contributed by atoms with Gasteiger partial charge in [0.05, 0.1) is 29.7 Å². The van der Waals surface area contributed by atoms with Crippen molar-refractivity contribution in [2.45, 2.75) is 0 Å². The fourth-order valence-corrected chi connectivity index (χ4v) is 4.52. The molecule has 5 rings (SSSR count). The number of amides is 1. The lowest BCUT2D eigenvalue weighted by Gasteiger charge is -2.36. The van der Waals surface area contributed by atoms with Gasteiger partial charge in [0.25, 0.3) is 0 Å². The number of β-amino-alcohol motifs (C(OH)–C–C–N with tert-alkyl or cyclic N) is 1. The molecular formula is C28H28FN7O2. The van der Waals surface area contributed by atoms with Gasteiger partial charge in [-0.1, -0.05) is 24.8 Å². The Morgan fingerprint density at radius 2 is 1.92 bits per heavy atom. The van der Waals surface area contributed by atoms with Crippen LogP contribution in [-0.4, -0.2) is 70.2 Å². The topological polar surface area (TPSA) is 107 Å². The average Bonchev–Trinajstić information content (AvgIpc) is 2.93. The third-order valence-corrected chi connectivity index (χ3v) is 6.45. The number of carbonyl (C=O) groups excluding carboxylic acids is 1. The third-order valence-electron chi connectivity index (χ3n) is 6.45. The van der Waals surface area contributed by atoms with Crippen LogP contribution in [0.15, 0.2) is 73.7 Å². The zero-order chi connectivity index (χ0) is 26.5. The Morgan fingerprint density at radius 1 is 1.08 bits per heavy atom. The van der Waals surface area contributed by atoms with Crippen molar-refractivity contribution in [3.8, 4) is 11.1 Å². The first-order valence-electron chi connectivity index (χ1n) is 12.3. The predicted molar refractivity (Wildman–Crippen MR) is 147 cm³/mol. The van der Waals surface area contributed by atoms with Crippen LogP contribution in [0.4, 0.5) is 27.4 Å². The first-order valence-corrected chi connectivity index (χ1v) is 12.3. The number of rotatable bonds is 8. The van der Waals surface area contributed by atoms with E-state index in [-0.39, 0.29) is 18.3 Å². The van der Waals surface area contributed by atoms with Crippen LogP contribution >= 0.6 is 0 Å². The molecule has 1 fully saturated rings. The minimum absolute atomic E-state index is 0.129. The van der Waals surface area contributed by atoms with Crippen LogP contribution < -0.4 is 15.5 Å². The fraction of sp³-hybridized carbons (Fsp3) is 0.214. The van der Waals surface area contributed by atoms with Gasteiger partial charge in [-0.2, -0.15) is 0 Å². The molecule has 0 unspecified atom stereocenters. The molecule has 10 heteroatoms. The largest absolute Gasteiger partial charge is 0.395 e. The van der Waals surface area contributed by atoms with E-state index in [1.54, 1.807) is 24.7 Å². The Balaban J connectivity index is 1.37. The molecule has 3 heterocycles. The molecule has 194 valence electrons. The summed E-state index contributed by atoms with van der Waals surface area (Å²) >= 11 is 0. The molecule has 1 aliphatic rings. The fourth-order valence-electron chi connectivity index (χ4n) is 4.52. The molecule has 2 aromatic carbocycles. The molecule has 1 aliphatic heterocycles. The molecule has 38 heavy (non-hydrogen) atoms. The number of fused-ring (bicyclic) bond motifs is 1. The standard InChI is InChI=1S/C28H28FN7O2/c1-2-26(38)32-22-14-20(16-30-18-22)23-5-3-4-19-17-31-28(34-27(19)23)33-21-6-7-25(24(29)15-21)36-10-8-35(9-11-36)12-13-37/h2-7,14-18,37H,1,8-13H2,(H,32,38)(H,31,33,34). The van der Waals surface area contributed by atoms with Crippen LogP contribution in [-0.2, 0) is 4.79 Å². The zero-order valence-electron chi connectivity index (χ0n) is 20.8. The summed E-state index contributed by atoms with van der Waals surface area (Å²) in [6.45, 7) is 7.21. The number of benzene rings is 2. The number of hydrogen-bond donors (Lipinski definition) is 3. The van der Waals surface area contributed by atoms with Crippen molar-refractivity contribution in [3.63, 3.8) is 0 Å². The highest BCUT2D eigenvalue weighted by molar-refractivity contribution is 6.00. The maximum atomic E-state index is 15.1. The van der Waals surface area contributed by atoms with Crippen LogP contribution in [0.1, 0.15) is 0 Å². The van der Waals surface area contributed by atoms with Gasteiger partial charge in [-0.05, 0) is 30.3 Å². The number of para-hydroxylation sites is 1. The van der Waals surface area contributed by atoms with E-state index in [9.17, 15) is 4.79 Å². The van der Waals surface area contributed by atoms with Gasteiger partial charge in [0, 0.05) is 67.3 Å². The number of anilines is 4. The van der Waals surface area contributed by atoms with Gasteiger partial charge in [-0.25, -0.2) is 14.4 Å². The molecule has 1 saturated heterocycles. The van der Waals surface area contributed by atoms with E-state index >= 15 is 4.39 Å². The second-order valence-corrected chi connectivity index (χ2v) is 8.94. The molecule has 3 N–H and O–H groups in total. The molecule has 0 radical (unpaired) electrons. The molecule has 2 aromatic heterocycles. The highest BCUT2D eigenvalue weighted by Gasteiger charge is 2.19. The van der Waals surface area contributed by atoms with E-state index in [1.807, 2.05) is 35.2 Å². The maximum Gasteiger partial charge on any atom is 0.247 e. The van der Waals surface area contributed by atoms with E-state index < -0.39 is 0 Å². The van der Waals surface area contributed by atoms with Gasteiger partial charge < -0.3 is 20.6 Å². The maximum absolute atomic E-state index is 15.1. The minimum Gasteiger partial charge on any atom is -0.395 e. The summed E-state index contributed by atoms with van der Waals surface area (Å²) in [6, 6.07) is 12.6. The summed E-state index contributed by atoms with van der Waals surface area (Å²) in [7, 11) is 0. The predicted octanol–water partition coefficient (Wildman–Crippen LogP) is 3.81. The number of nitrogens with one attached hydrogen (secondary N) is 2. The summed E-state index contributed by atoms with van der Waals surface area (Å²) in [5, 5.41) is 15.8. The second-order valence-electron chi connectivity index (χ2n) is 8.94. The van der Waals surface area contributed by atoms with Crippen molar-refractivity contribution in [1.29, 1.82) is 0 Å². The van der Waals surface area contributed by atoms with E-state index in [0.29, 0.717) is 48.2 Å². The molecule has 4 aromatic rings. The average molecular weight is 514 g/mol. The van der Waals surface area contributed by atoms with Crippen molar-refractivity contribution in [2.75, 3.05) is 54.9 Å². The van der Waals surface area contributed by atoms with Gasteiger partial charge in [0.2, 0.25) is 11.9 Å². The number of aliphatic hydroxyl groups is 1. The van der Waals surface area contributed by atoms with Gasteiger partial charge in [0.1, 0.15) is 5.82 Å². The normalized spacial score (nSPS) is 13.9. The zero-order valence-corrected chi connectivity index (χ0v) is 20.8. The van der Waals surface area contributed by atoms with Crippen LogP contribution in [0.2, 0.25) is 0 Å². The number of carbonyl (C=O) groups is 1. The van der Waals surface area contributed by atoms with Gasteiger partial charge in [-0.3, -0.25) is 14.7 Å². The molecule has 1 amide bonds. The summed E-state index contributed by atoms with van der Waals surface area (Å²) in [4.78, 5) is 29.3. The van der Waals surface area contributed by atoms with Crippen LogP contribution in [0, 0.1) is 5.82 Å². The van der Waals surface area contributed by atoms with Gasteiger partial charge in [-0.15, -0.1) is 0 Å². The van der Waals surface area contributed by atoms with Gasteiger partial charge >= 0.3 is 0 Å². The van der Waals surface area contributed by atoms with E-state index in [4.69, 9.17) is 10.1 Å². The first-order chi connectivity index (χ1) is 18.5. The Hall–Kier alpha value is -4.41. The first kappa shape index (κ1) is 25.2. The Labute approximate surface area is 219 Å². The number of piperazine rings is 1. The second kappa shape index (κ2) is 11.3. The number of pyridine rings is 1. The highest BCUT2D eigenvalue weighted by atomic mass is 19.1. The third kappa shape index (κ3) is 5.61. The van der Waals surface area contributed by atoms with Crippen molar-refractivity contribution < 1.29 is 14.3 Å². The summed E-state index contributed by atoms with van der Waals surface area (Å²) < 4.78 is 15.1. The summed E-state index contributed by atoms with van der Waals surface area (Å²) in [5.74, 6) is -0.312.